The van der Waals surface area contributed by atoms with Gasteiger partial charge in [-0.3, -0.25) is 9.89 Å². The fourth-order valence-corrected chi connectivity index (χ4v) is 4.25. The lowest BCUT2D eigenvalue weighted by Gasteiger charge is -2.12. The molecule has 0 spiro atoms. The van der Waals surface area contributed by atoms with Crippen LogP contribution < -0.4 is 10.1 Å². The summed E-state index contributed by atoms with van der Waals surface area (Å²) in [4.78, 5) is 28.4. The van der Waals surface area contributed by atoms with Crippen LogP contribution in [0.2, 0.25) is 0 Å². The van der Waals surface area contributed by atoms with Gasteiger partial charge in [-0.15, -0.1) is 11.3 Å². The maximum absolute atomic E-state index is 13.1. The molecule has 0 fully saturated rings. The summed E-state index contributed by atoms with van der Waals surface area (Å²) >= 11 is 0.980. The van der Waals surface area contributed by atoms with Gasteiger partial charge in [0.2, 0.25) is 0 Å². The lowest BCUT2D eigenvalue weighted by Crippen LogP contribution is -2.12. The highest BCUT2D eigenvalue weighted by Gasteiger charge is 2.22. The Morgan fingerprint density at radius 1 is 1.24 bits per heavy atom. The molecule has 0 unspecified atom stereocenters. The van der Waals surface area contributed by atoms with E-state index in [9.17, 15) is 23.5 Å². The summed E-state index contributed by atoms with van der Waals surface area (Å²) in [5.41, 5.74) is 1.11. The highest BCUT2D eigenvalue weighted by molar-refractivity contribution is 7.20. The summed E-state index contributed by atoms with van der Waals surface area (Å²) in [6.07, 6.45) is 5.83. The minimum absolute atomic E-state index is 0.0452. The number of amides is 1. The van der Waals surface area contributed by atoms with Gasteiger partial charge in [0.05, 0.1) is 23.8 Å². The molecule has 10 nitrogen and oxygen atoms in total. The average Bonchev–Trinajstić information content (AvgIpc) is 3.50. The fourth-order valence-electron chi connectivity index (χ4n) is 3.32. The molecule has 4 aromatic heterocycles. The number of rotatable bonds is 6. The van der Waals surface area contributed by atoms with Crippen LogP contribution in [0.15, 0.2) is 49.1 Å². The first-order valence-electron chi connectivity index (χ1n) is 9.30. The number of aromatic nitrogens is 5. The average molecular weight is 470 g/mol. The number of benzene rings is 1. The molecule has 0 aliphatic heterocycles. The molecule has 0 saturated heterocycles. The van der Waals surface area contributed by atoms with Crippen molar-refractivity contribution in [1.82, 2.24) is 24.8 Å². The van der Waals surface area contributed by atoms with Crippen molar-refractivity contribution in [3.05, 3.63) is 59.5 Å². The largest absolute Gasteiger partial charge is 0.477 e. The molecule has 5 aromatic rings. The van der Waals surface area contributed by atoms with Crippen LogP contribution in [0, 0.1) is 0 Å². The maximum Gasteiger partial charge on any atom is 0.387 e. The van der Waals surface area contributed by atoms with Crippen LogP contribution in [-0.4, -0.2) is 48.4 Å². The number of thiophene rings is 1. The number of H-pyrrole nitrogens is 1. The Balaban J connectivity index is 1.56. The maximum atomic E-state index is 13.1. The molecule has 0 aliphatic carbocycles. The Kier molecular flexibility index (Phi) is 4.94. The number of hydrogen-bond acceptors (Lipinski definition) is 7. The molecule has 166 valence electrons. The minimum atomic E-state index is -3.12. The topological polar surface area (TPSA) is 134 Å². The van der Waals surface area contributed by atoms with E-state index in [0.717, 1.165) is 11.3 Å². The molecule has 1 aromatic carbocycles. The van der Waals surface area contributed by atoms with Crippen molar-refractivity contribution in [1.29, 1.82) is 0 Å². The number of nitrogens with zero attached hydrogens (tertiary/aromatic N) is 4. The van der Waals surface area contributed by atoms with Crippen LogP contribution in [0.5, 0.6) is 5.75 Å². The smallest absolute Gasteiger partial charge is 0.387 e. The number of fused-ring (bicyclic) bond motifs is 2. The normalized spacial score (nSPS) is 11.4. The van der Waals surface area contributed by atoms with Crippen molar-refractivity contribution in [3.8, 4) is 17.0 Å². The number of carbonyl (C=O) groups is 2. The van der Waals surface area contributed by atoms with Crippen molar-refractivity contribution in [2.75, 3.05) is 5.32 Å². The SMILES string of the molecule is O=C(O)c1cc2cc(OC(F)F)c(-c3[nH]ncc3NC(=O)c3cnn4cccnc34)cc2s1. The van der Waals surface area contributed by atoms with Gasteiger partial charge in [-0.2, -0.15) is 19.0 Å². The molecule has 1 amide bonds. The monoisotopic (exact) mass is 470 g/mol. The Labute approximate surface area is 186 Å². The summed E-state index contributed by atoms with van der Waals surface area (Å²) in [7, 11) is 0. The van der Waals surface area contributed by atoms with Crippen LogP contribution in [0.3, 0.4) is 0 Å². The first kappa shape index (κ1) is 20.5. The second kappa shape index (κ2) is 7.94. The Morgan fingerprint density at radius 2 is 2.09 bits per heavy atom. The van der Waals surface area contributed by atoms with Gasteiger partial charge < -0.3 is 15.2 Å². The van der Waals surface area contributed by atoms with E-state index in [0.29, 0.717) is 15.7 Å². The number of nitrogens with one attached hydrogen (secondary N) is 2. The van der Waals surface area contributed by atoms with Crippen LogP contribution in [0.4, 0.5) is 14.5 Å². The molecule has 0 bridgehead atoms. The summed E-state index contributed by atoms with van der Waals surface area (Å²) < 4.78 is 32.8. The number of carboxylic acids is 1. The zero-order valence-corrected chi connectivity index (χ0v) is 17.1. The molecular weight excluding hydrogens is 458 g/mol. The van der Waals surface area contributed by atoms with Crippen LogP contribution in [-0.2, 0) is 0 Å². The molecule has 0 saturated carbocycles. The highest BCUT2D eigenvalue weighted by Crippen LogP contribution is 2.40. The first-order chi connectivity index (χ1) is 15.9. The summed E-state index contributed by atoms with van der Waals surface area (Å²) in [6.45, 7) is -3.12. The molecule has 13 heteroatoms. The molecule has 3 N–H and O–H groups in total. The third-order valence-electron chi connectivity index (χ3n) is 4.73. The number of alkyl halides is 2. The number of halogens is 2. The van der Waals surface area contributed by atoms with Crippen LogP contribution in [0.1, 0.15) is 20.0 Å². The predicted molar refractivity (Wildman–Crippen MR) is 114 cm³/mol. The quantitative estimate of drug-likeness (QED) is 0.343. The van der Waals surface area contributed by atoms with Gasteiger partial charge in [-0.25, -0.2) is 14.3 Å². The summed E-state index contributed by atoms with van der Waals surface area (Å²) in [5, 5.41) is 23.0. The molecule has 33 heavy (non-hydrogen) atoms. The number of anilines is 1. The van der Waals surface area contributed by atoms with E-state index < -0.39 is 18.5 Å². The second-order valence-corrected chi connectivity index (χ2v) is 7.82. The highest BCUT2D eigenvalue weighted by atomic mass is 32.1. The van der Waals surface area contributed by atoms with Gasteiger partial charge in [0.25, 0.3) is 5.91 Å². The van der Waals surface area contributed by atoms with Crippen molar-refractivity contribution in [2.24, 2.45) is 0 Å². The molecule has 0 radical (unpaired) electrons. The van der Waals surface area contributed by atoms with Crippen LogP contribution >= 0.6 is 11.3 Å². The third-order valence-corrected chi connectivity index (χ3v) is 5.81. The van der Waals surface area contributed by atoms with Crippen molar-refractivity contribution in [3.63, 3.8) is 0 Å². The molecule has 0 aliphatic rings. The van der Waals surface area contributed by atoms with E-state index in [2.05, 4.69) is 30.3 Å². The van der Waals surface area contributed by atoms with Gasteiger partial charge in [0.15, 0.2) is 5.65 Å². The van der Waals surface area contributed by atoms with E-state index in [1.807, 2.05) is 0 Å². The standard InChI is InChI=1S/C20H12F2N6O4S/c21-20(22)32-13-4-9-5-15(19(30)31)33-14(9)6-10(13)16-12(8-24-27-16)26-18(29)11-7-25-28-3-1-2-23-17(11)28/h1-8,20H,(H,24,27)(H,26,29)(H,30,31). The van der Waals surface area contributed by atoms with Gasteiger partial charge in [-0.05, 0) is 29.7 Å². The number of aromatic carboxylic acids is 1. The van der Waals surface area contributed by atoms with Gasteiger partial charge >= 0.3 is 12.6 Å². The summed E-state index contributed by atoms with van der Waals surface area (Å²) in [6, 6.07) is 5.86. The Hall–Kier alpha value is -4.39. The van der Waals surface area contributed by atoms with E-state index in [4.69, 9.17) is 0 Å². The number of hydrogen-bond donors (Lipinski definition) is 3. The molecule has 5 rings (SSSR count). The Morgan fingerprint density at radius 3 is 2.88 bits per heavy atom. The van der Waals surface area contributed by atoms with Crippen LogP contribution in [0.25, 0.3) is 27.0 Å². The number of carboxylic acid groups (broad SMARTS) is 1. The van der Waals surface area contributed by atoms with Crippen molar-refractivity contribution < 1.29 is 28.2 Å². The molecular formula is C20H12F2N6O4S. The van der Waals surface area contributed by atoms with Crippen molar-refractivity contribution in [2.45, 2.75) is 6.61 Å². The van der Waals surface area contributed by atoms with Gasteiger partial charge in [0, 0.05) is 22.7 Å². The zero-order valence-electron chi connectivity index (χ0n) is 16.3. The Bertz CT molecular complexity index is 1530. The predicted octanol–water partition coefficient (Wildman–Crippen LogP) is 3.89. The molecule has 0 atom stereocenters. The van der Waals surface area contributed by atoms with E-state index >= 15 is 0 Å². The number of carbonyl (C=O) groups excluding carboxylic acids is 1. The van der Waals surface area contributed by atoms with Crippen molar-refractivity contribution >= 4 is 44.6 Å². The minimum Gasteiger partial charge on any atom is -0.477 e. The number of ether oxygens (including phenoxy) is 1. The van der Waals surface area contributed by atoms with E-state index in [1.54, 1.807) is 12.3 Å². The first-order valence-corrected chi connectivity index (χ1v) is 10.1. The summed E-state index contributed by atoms with van der Waals surface area (Å²) in [5.74, 6) is -1.87. The zero-order chi connectivity index (χ0) is 23.1. The lowest BCUT2D eigenvalue weighted by atomic mass is 10.1. The molecule has 4 heterocycles. The lowest BCUT2D eigenvalue weighted by molar-refractivity contribution is -0.0493. The van der Waals surface area contributed by atoms with Gasteiger partial charge in [0.1, 0.15) is 16.2 Å². The van der Waals surface area contributed by atoms with Gasteiger partial charge in [-0.1, -0.05) is 0 Å². The van der Waals surface area contributed by atoms with E-state index in [1.165, 1.54) is 41.3 Å². The second-order valence-electron chi connectivity index (χ2n) is 6.74. The number of aromatic amines is 1. The van der Waals surface area contributed by atoms with E-state index in [-0.39, 0.29) is 33.1 Å². The fraction of sp³-hybridized carbons (Fsp3) is 0.0500. The third kappa shape index (κ3) is 3.74.